The molecule has 4 heteroatoms. The van der Waals surface area contributed by atoms with E-state index in [1.165, 1.54) is 24.1 Å². The summed E-state index contributed by atoms with van der Waals surface area (Å²) in [6.45, 7) is 5.16. The van der Waals surface area contributed by atoms with Gasteiger partial charge in [-0.25, -0.2) is 9.97 Å². The second-order valence-electron chi connectivity index (χ2n) is 6.30. The molecule has 2 heterocycles. The molecule has 1 aromatic heterocycles. The van der Waals surface area contributed by atoms with E-state index in [2.05, 4.69) is 29.1 Å². The molecule has 1 N–H and O–H groups in total. The van der Waals surface area contributed by atoms with Crippen LogP contribution in [0.15, 0.2) is 6.33 Å². The number of anilines is 1. The van der Waals surface area contributed by atoms with E-state index in [0.717, 1.165) is 38.1 Å². The Kier molecular flexibility index (Phi) is 3.44. The fourth-order valence-corrected chi connectivity index (χ4v) is 3.19. The van der Waals surface area contributed by atoms with Gasteiger partial charge in [-0.05, 0) is 52.4 Å². The fraction of sp³-hybridized carbons (Fsp3) is 0.733. The number of nitrogens with zero attached hydrogens (tertiary/aromatic N) is 2. The maximum Gasteiger partial charge on any atom is 0.133 e. The summed E-state index contributed by atoms with van der Waals surface area (Å²) in [5.74, 6) is 1.06. The summed E-state index contributed by atoms with van der Waals surface area (Å²) in [6.07, 6.45) is 8.53. The minimum Gasteiger partial charge on any atom is -0.375 e. The van der Waals surface area contributed by atoms with Gasteiger partial charge < -0.3 is 10.1 Å². The first kappa shape index (κ1) is 12.9. The maximum absolute atomic E-state index is 5.77. The predicted molar refractivity (Wildman–Crippen MR) is 75.3 cm³/mol. The third-order valence-electron chi connectivity index (χ3n) is 4.16. The van der Waals surface area contributed by atoms with Gasteiger partial charge in [0.1, 0.15) is 12.1 Å². The van der Waals surface area contributed by atoms with Crippen molar-refractivity contribution < 1.29 is 4.74 Å². The molecule has 3 rings (SSSR count). The molecule has 2 aliphatic rings. The maximum atomic E-state index is 5.77. The molecule has 0 spiro atoms. The van der Waals surface area contributed by atoms with Gasteiger partial charge in [0.2, 0.25) is 0 Å². The average molecular weight is 261 g/mol. The van der Waals surface area contributed by atoms with Crippen molar-refractivity contribution in [1.82, 2.24) is 9.97 Å². The zero-order chi connectivity index (χ0) is 13.3. The first-order valence-electron chi connectivity index (χ1n) is 7.37. The van der Waals surface area contributed by atoms with Crippen molar-refractivity contribution in [2.75, 3.05) is 11.9 Å². The summed E-state index contributed by atoms with van der Waals surface area (Å²) in [6, 6.07) is 0.463. The Morgan fingerprint density at radius 2 is 2.11 bits per heavy atom. The third kappa shape index (κ3) is 2.89. The number of fused-ring (bicyclic) bond motifs is 1. The predicted octanol–water partition coefficient (Wildman–Crippen LogP) is 2.72. The van der Waals surface area contributed by atoms with Crippen LogP contribution in [0.1, 0.15) is 50.8 Å². The van der Waals surface area contributed by atoms with Gasteiger partial charge in [-0.3, -0.25) is 0 Å². The van der Waals surface area contributed by atoms with Crippen LogP contribution < -0.4 is 5.32 Å². The molecule has 4 nitrogen and oxygen atoms in total. The van der Waals surface area contributed by atoms with Crippen LogP contribution in [0.2, 0.25) is 0 Å². The van der Waals surface area contributed by atoms with Crippen molar-refractivity contribution in [1.29, 1.82) is 0 Å². The van der Waals surface area contributed by atoms with Crippen LogP contribution in [-0.4, -0.2) is 28.2 Å². The molecule has 19 heavy (non-hydrogen) atoms. The van der Waals surface area contributed by atoms with Crippen LogP contribution in [0.3, 0.4) is 0 Å². The minimum absolute atomic E-state index is 0.0248. The summed E-state index contributed by atoms with van der Waals surface area (Å²) in [4.78, 5) is 8.90. The highest BCUT2D eigenvalue weighted by Gasteiger charge is 2.29. The lowest BCUT2D eigenvalue weighted by molar-refractivity contribution is -0.0553. The van der Waals surface area contributed by atoms with Crippen LogP contribution in [0, 0.1) is 0 Å². The Bertz CT molecular complexity index is 459. The SMILES string of the molecule is CC1(C)CC(Nc2ncnc3c2CCCC3)CCO1. The second kappa shape index (κ2) is 5.08. The Labute approximate surface area is 115 Å². The monoisotopic (exact) mass is 261 g/mol. The van der Waals surface area contributed by atoms with E-state index < -0.39 is 0 Å². The van der Waals surface area contributed by atoms with Gasteiger partial charge in [0.15, 0.2) is 0 Å². The standard InChI is InChI=1S/C15H23N3O/c1-15(2)9-11(7-8-19-15)18-14-12-5-3-4-6-13(12)16-10-17-14/h10-11H,3-9H2,1-2H3,(H,16,17,18). The van der Waals surface area contributed by atoms with E-state index in [1.807, 2.05) is 0 Å². The van der Waals surface area contributed by atoms with Crippen molar-refractivity contribution in [2.24, 2.45) is 0 Å². The molecule has 0 aromatic carbocycles. The molecular weight excluding hydrogens is 238 g/mol. The highest BCUT2D eigenvalue weighted by molar-refractivity contribution is 5.47. The number of hydrogen-bond donors (Lipinski definition) is 1. The van der Waals surface area contributed by atoms with Crippen LogP contribution in [0.5, 0.6) is 0 Å². The number of rotatable bonds is 2. The smallest absolute Gasteiger partial charge is 0.133 e. The lowest BCUT2D eigenvalue weighted by Gasteiger charge is -2.36. The first-order chi connectivity index (χ1) is 9.14. The van der Waals surface area contributed by atoms with E-state index in [1.54, 1.807) is 6.33 Å². The Balaban J connectivity index is 1.76. The molecular formula is C15H23N3O. The molecule has 1 saturated heterocycles. The quantitative estimate of drug-likeness (QED) is 0.889. The summed E-state index contributed by atoms with van der Waals surface area (Å²) >= 11 is 0. The topological polar surface area (TPSA) is 47.0 Å². The van der Waals surface area contributed by atoms with E-state index >= 15 is 0 Å². The number of aryl methyl sites for hydroxylation is 1. The summed E-state index contributed by atoms with van der Waals surface area (Å²) in [5, 5.41) is 3.63. The van der Waals surface area contributed by atoms with E-state index in [0.29, 0.717) is 6.04 Å². The largest absolute Gasteiger partial charge is 0.375 e. The van der Waals surface area contributed by atoms with Crippen molar-refractivity contribution in [3.05, 3.63) is 17.6 Å². The second-order valence-corrected chi connectivity index (χ2v) is 6.30. The molecule has 1 aliphatic heterocycles. The molecule has 0 bridgehead atoms. The molecule has 0 saturated carbocycles. The molecule has 1 unspecified atom stereocenters. The lowest BCUT2D eigenvalue weighted by Crippen LogP contribution is -2.40. The van der Waals surface area contributed by atoms with Gasteiger partial charge in [0.25, 0.3) is 0 Å². The molecule has 104 valence electrons. The molecule has 0 radical (unpaired) electrons. The summed E-state index contributed by atoms with van der Waals surface area (Å²) in [5.41, 5.74) is 2.57. The minimum atomic E-state index is -0.0248. The highest BCUT2D eigenvalue weighted by Crippen LogP contribution is 2.29. The average Bonchev–Trinajstić information content (AvgIpc) is 2.38. The van der Waals surface area contributed by atoms with Gasteiger partial charge in [0.05, 0.1) is 5.60 Å². The van der Waals surface area contributed by atoms with Gasteiger partial charge in [-0.2, -0.15) is 0 Å². The third-order valence-corrected chi connectivity index (χ3v) is 4.16. The van der Waals surface area contributed by atoms with Crippen LogP contribution in [0.4, 0.5) is 5.82 Å². The van der Waals surface area contributed by atoms with Crippen molar-refractivity contribution >= 4 is 5.82 Å². The Morgan fingerprint density at radius 3 is 2.95 bits per heavy atom. The molecule has 1 atom stereocenters. The molecule has 0 amide bonds. The Morgan fingerprint density at radius 1 is 1.26 bits per heavy atom. The van der Waals surface area contributed by atoms with Gasteiger partial charge >= 0.3 is 0 Å². The first-order valence-corrected chi connectivity index (χ1v) is 7.37. The molecule has 1 aromatic rings. The van der Waals surface area contributed by atoms with E-state index in [4.69, 9.17) is 4.74 Å². The fourth-order valence-electron chi connectivity index (χ4n) is 3.19. The van der Waals surface area contributed by atoms with Gasteiger partial charge in [-0.15, -0.1) is 0 Å². The van der Waals surface area contributed by atoms with E-state index in [-0.39, 0.29) is 5.60 Å². The summed E-state index contributed by atoms with van der Waals surface area (Å²) in [7, 11) is 0. The highest BCUT2D eigenvalue weighted by atomic mass is 16.5. The zero-order valence-electron chi connectivity index (χ0n) is 11.9. The van der Waals surface area contributed by atoms with Crippen molar-refractivity contribution in [3.63, 3.8) is 0 Å². The number of aromatic nitrogens is 2. The summed E-state index contributed by atoms with van der Waals surface area (Å²) < 4.78 is 5.77. The van der Waals surface area contributed by atoms with Crippen LogP contribution >= 0.6 is 0 Å². The number of ether oxygens (including phenoxy) is 1. The Hall–Kier alpha value is -1.16. The van der Waals surface area contributed by atoms with Gasteiger partial charge in [-0.1, -0.05) is 0 Å². The van der Waals surface area contributed by atoms with Crippen molar-refractivity contribution in [2.45, 2.75) is 64.0 Å². The normalized spacial score (nSPS) is 25.7. The van der Waals surface area contributed by atoms with Gasteiger partial charge in [0, 0.05) is 23.9 Å². The number of hydrogen-bond acceptors (Lipinski definition) is 4. The molecule has 1 aliphatic carbocycles. The molecule has 1 fully saturated rings. The van der Waals surface area contributed by atoms with E-state index in [9.17, 15) is 0 Å². The number of nitrogens with one attached hydrogen (secondary N) is 1. The van der Waals surface area contributed by atoms with Crippen LogP contribution in [-0.2, 0) is 17.6 Å². The zero-order valence-corrected chi connectivity index (χ0v) is 11.9. The van der Waals surface area contributed by atoms with Crippen molar-refractivity contribution in [3.8, 4) is 0 Å². The lowest BCUT2D eigenvalue weighted by atomic mass is 9.93. The van der Waals surface area contributed by atoms with Crippen LogP contribution in [0.25, 0.3) is 0 Å².